The van der Waals surface area contributed by atoms with Gasteiger partial charge in [0.2, 0.25) is 0 Å². The van der Waals surface area contributed by atoms with Crippen molar-refractivity contribution in [3.63, 3.8) is 0 Å². The zero-order valence-corrected chi connectivity index (χ0v) is 60.8. The van der Waals surface area contributed by atoms with E-state index in [1.807, 2.05) is 76.2 Å². The van der Waals surface area contributed by atoms with E-state index >= 15 is 0 Å². The first-order valence-corrected chi connectivity index (χ1v) is 36.9. The van der Waals surface area contributed by atoms with Crippen LogP contribution in [-0.2, 0) is 10.3 Å². The van der Waals surface area contributed by atoms with Gasteiger partial charge in [0, 0.05) is 37.3 Å². The minimum absolute atomic E-state index is 0.0328. The Morgan fingerprint density at radius 1 is 0.495 bits per heavy atom. The predicted molar refractivity (Wildman–Crippen MR) is 383 cm³/mol. The van der Waals surface area contributed by atoms with Crippen LogP contribution in [0.5, 0.6) is 11.5 Å². The van der Waals surface area contributed by atoms with Crippen molar-refractivity contribution in [3.05, 3.63) is 177 Å². The summed E-state index contributed by atoms with van der Waals surface area (Å²) in [6.45, 7) is 13.9. The molecule has 8 aromatic heterocycles. The van der Waals surface area contributed by atoms with Gasteiger partial charge in [-0.2, -0.15) is 40.8 Å². The summed E-state index contributed by atoms with van der Waals surface area (Å²) in [5.41, 5.74) is 2.51. The number of nitrogens with zero attached hydrogens (tertiary/aromatic N) is 15. The van der Waals surface area contributed by atoms with Gasteiger partial charge in [0.25, 0.3) is 23.0 Å². The number of aromatic nitrogens is 12. The van der Waals surface area contributed by atoms with E-state index in [1.54, 1.807) is 110 Å². The number of thiophene rings is 4. The number of β-amino-alcohol motifs (C(OH)–C–C–N with tert-alkyl or cyclic N) is 2. The third-order valence-electron chi connectivity index (χ3n) is 17.2. The van der Waals surface area contributed by atoms with Crippen molar-refractivity contribution in [3.8, 4) is 31.5 Å². The van der Waals surface area contributed by atoms with Crippen LogP contribution in [0.3, 0.4) is 0 Å². The van der Waals surface area contributed by atoms with Crippen molar-refractivity contribution in [1.29, 1.82) is 0 Å². The molecule has 14 rings (SSSR count). The van der Waals surface area contributed by atoms with E-state index in [0.29, 0.717) is 80.0 Å². The molecule has 10 aromatic rings. The number of aliphatic hydroxyl groups is 3. The lowest BCUT2D eigenvalue weighted by Gasteiger charge is -2.38. The molecule has 534 valence electrons. The maximum Gasteiger partial charge on any atom is 0.337 e. The molecule has 0 unspecified atom stereocenters. The summed E-state index contributed by atoms with van der Waals surface area (Å²) in [7, 11) is 1.35. The van der Waals surface area contributed by atoms with Gasteiger partial charge in [-0.15, -0.1) is 64.5 Å². The topological polar surface area (TPSA) is 318 Å². The van der Waals surface area contributed by atoms with E-state index in [9.17, 15) is 34.2 Å². The lowest BCUT2D eigenvalue weighted by Crippen LogP contribution is -2.49. The Hall–Kier alpha value is -8.92. The number of hydrogen-bond donors (Lipinski definition) is 4. The normalized spacial score (nSPS) is 20.4. The van der Waals surface area contributed by atoms with Gasteiger partial charge in [-0.3, -0.25) is 19.2 Å². The summed E-state index contributed by atoms with van der Waals surface area (Å²) in [5, 5.41) is 74.4. The molecular weight excluding hydrogens is 1390 g/mol. The van der Waals surface area contributed by atoms with Crippen LogP contribution < -0.4 is 14.8 Å². The summed E-state index contributed by atoms with van der Waals surface area (Å²) < 4.78 is 17.1. The Morgan fingerprint density at radius 2 is 0.871 bits per heavy atom. The Balaban J connectivity index is 0.000000145. The van der Waals surface area contributed by atoms with Crippen molar-refractivity contribution < 1.29 is 53.5 Å². The van der Waals surface area contributed by atoms with Crippen molar-refractivity contribution in [2.75, 3.05) is 33.3 Å². The number of nitrogens with one attached hydrogen (secondary N) is 1. The van der Waals surface area contributed by atoms with Gasteiger partial charge in [0.15, 0.2) is 20.0 Å². The third-order valence-corrected chi connectivity index (χ3v) is 21.0. The van der Waals surface area contributed by atoms with Crippen molar-refractivity contribution in [2.24, 2.45) is 0 Å². The average molecular weight is 1470 g/mol. The molecule has 27 nitrogen and oxygen atoms in total. The number of methoxy groups -OCH3 is 1. The number of hydrogen-bond acceptors (Lipinski definition) is 24. The number of amides is 3. The molecule has 4 fully saturated rings. The smallest absolute Gasteiger partial charge is 0.337 e. The van der Waals surface area contributed by atoms with Gasteiger partial charge in [-0.1, -0.05) is 18.2 Å². The van der Waals surface area contributed by atoms with E-state index in [-0.39, 0.29) is 54.2 Å². The molecule has 3 amide bonds. The molecule has 4 N–H and O–H groups in total. The second-order valence-electron chi connectivity index (χ2n) is 25.0. The Kier molecular flexibility index (Phi) is 26.0. The van der Waals surface area contributed by atoms with E-state index < -0.39 is 22.9 Å². The first kappa shape index (κ1) is 74.8. The summed E-state index contributed by atoms with van der Waals surface area (Å²) >= 11 is 11.0. The Labute approximate surface area is 604 Å². The summed E-state index contributed by atoms with van der Waals surface area (Å²) in [4.78, 5) is 73.3. The largest absolute Gasteiger partial charge is 0.489 e. The molecule has 4 aliphatic heterocycles. The zero-order valence-electron chi connectivity index (χ0n) is 56.8. The van der Waals surface area contributed by atoms with E-state index in [2.05, 4.69) is 60.0 Å². The van der Waals surface area contributed by atoms with Crippen LogP contribution in [-0.4, -0.2) is 201 Å². The Morgan fingerprint density at radius 3 is 1.26 bits per heavy atom. The lowest BCUT2D eigenvalue weighted by molar-refractivity contribution is 0.0310. The fourth-order valence-electron chi connectivity index (χ4n) is 11.6. The number of aliphatic hydroxyl groups excluding tert-OH is 2. The maximum atomic E-state index is 13.3. The Bertz CT molecular complexity index is 4250. The van der Waals surface area contributed by atoms with Gasteiger partial charge in [-0.25, -0.2) is 4.79 Å². The fraction of sp³-hybridized carbons (Fsp3) is 0.406. The van der Waals surface area contributed by atoms with Gasteiger partial charge in [0.05, 0.1) is 115 Å². The van der Waals surface area contributed by atoms with Crippen LogP contribution in [0.25, 0.3) is 20.0 Å². The number of carbonyl (C=O) groups excluding carboxylic acids is 5. The summed E-state index contributed by atoms with van der Waals surface area (Å²) in [5.74, 6) is 0.721. The first-order chi connectivity index (χ1) is 48.6. The molecule has 8 atom stereocenters. The zero-order chi connectivity index (χ0) is 71.7. The van der Waals surface area contributed by atoms with Crippen molar-refractivity contribution >= 4 is 85.9 Å². The molecular formula is C69H81ClN16O11S4. The highest BCUT2D eigenvalue weighted by molar-refractivity contribution is 7.14. The number of ether oxygens (including phenoxy) is 3. The number of halogens is 1. The van der Waals surface area contributed by atoms with Gasteiger partial charge < -0.3 is 49.5 Å². The quantitative estimate of drug-likeness (QED) is 0.0581. The second-order valence-corrected chi connectivity index (χ2v) is 29.0. The minimum Gasteiger partial charge on any atom is -0.489 e. The minimum atomic E-state index is -0.932. The molecule has 0 spiro atoms. The fourth-order valence-corrected chi connectivity index (χ4v) is 15.0. The number of carbonyl (C=O) groups is 5. The van der Waals surface area contributed by atoms with E-state index in [0.717, 1.165) is 68.5 Å². The number of rotatable bonds is 14. The monoisotopic (exact) mass is 1470 g/mol. The van der Waals surface area contributed by atoms with Crippen LogP contribution >= 0.6 is 56.9 Å². The highest BCUT2D eigenvalue weighted by Crippen LogP contribution is 2.33. The van der Waals surface area contributed by atoms with Gasteiger partial charge >= 0.3 is 5.97 Å². The van der Waals surface area contributed by atoms with E-state index in [1.165, 1.54) is 71.6 Å². The molecule has 0 saturated carbocycles. The molecule has 2 aromatic carbocycles. The van der Waals surface area contributed by atoms with Gasteiger partial charge in [-0.05, 0) is 186 Å². The first-order valence-electron chi connectivity index (χ1n) is 33.0. The van der Waals surface area contributed by atoms with Crippen molar-refractivity contribution in [2.45, 2.75) is 147 Å². The molecule has 0 aliphatic carbocycles. The molecule has 12 heterocycles. The molecule has 101 heavy (non-hydrogen) atoms. The van der Waals surface area contributed by atoms with Crippen LogP contribution in [0.1, 0.15) is 150 Å². The van der Waals surface area contributed by atoms with Gasteiger partial charge in [0.1, 0.15) is 23.7 Å². The van der Waals surface area contributed by atoms with Crippen LogP contribution in [0.4, 0.5) is 0 Å². The van der Waals surface area contributed by atoms with E-state index in [4.69, 9.17) is 30.9 Å². The van der Waals surface area contributed by atoms with Crippen molar-refractivity contribution in [1.82, 2.24) is 80.0 Å². The highest BCUT2D eigenvalue weighted by Gasteiger charge is 2.36. The molecule has 0 bridgehead atoms. The SMILES string of the molecule is COC(=O)c1cccc(O[C@@H]2CC[C@@H](C)N(C(=O)c3ccsc3-n3nccn3)C2)c1.C[C@@H]1CC[C@@H](Oc2cccc(C(C)(C)O)c2)CN1C(=O)c1ccsc1-n1nccn1.C[C@@H]1CC[C@H](O)CN1.C[C@@H]1CC[C@H](O)CN1C(=O)c1ccsc1-n1nccn1.O=C(Cl)c1ccsc1-n1nccn1. The lowest BCUT2D eigenvalue weighted by atomic mass is 9.98. The number of piperidine rings is 4. The van der Waals surface area contributed by atoms with Crippen LogP contribution in [0.15, 0.2) is 144 Å². The standard InChI is InChI=1S/C22H26N4O3S.C21H22N4O4S.C13H16N4O2S.C7H4ClN3OS.C6H13NO/c1-15-7-8-18(29-17-6-4-5-16(13-17)22(2,3)28)14-25(15)20(27)19-9-12-30-21(19)26-23-10-11-24-26;1-14-6-7-17(29-16-5-3-4-15(12-16)21(27)28-2)13-24(14)19(26)18-8-11-30-20(18)25-22-9-10-23-25;1-9-2-3-10(18)8-16(9)12(19)11-4-7-20-13(11)17-14-5-6-15-17;8-6(12)5-1-4-13-7(5)11-9-2-3-10-11;1-5-2-3-6(8)4-7-5/h4-6,9-13,15,18,28H,7-8,14H2,1-3H3;3-5,8-12,14,17H,6-7,13H2,1-2H3;4-7,9-10,18H,2-3,8H2,1H3;1-4H;5-8H,2-4H2,1H3/t15-,18-;14-,17-;9-,10+;;5-,6+/m111.1/s1. The number of esters is 1. The highest BCUT2D eigenvalue weighted by atomic mass is 35.5. The molecule has 4 saturated heterocycles. The van der Waals surface area contributed by atoms with Crippen LogP contribution in [0, 0.1) is 0 Å². The maximum absolute atomic E-state index is 13.3. The summed E-state index contributed by atoms with van der Waals surface area (Å²) in [6, 6.07) is 22.5. The number of benzene rings is 2. The second kappa shape index (κ2) is 35.1. The predicted octanol–water partition coefficient (Wildman–Crippen LogP) is 9.96. The average Bonchev–Trinajstić information content (AvgIpc) is 1.77. The third kappa shape index (κ3) is 19.6. The summed E-state index contributed by atoms with van der Waals surface area (Å²) in [6.07, 6.45) is 18.9. The number of likely N-dealkylation sites (tertiary alicyclic amines) is 3. The molecule has 0 radical (unpaired) electrons. The molecule has 4 aliphatic rings. The molecule has 32 heteroatoms. The van der Waals surface area contributed by atoms with Crippen LogP contribution in [0.2, 0.25) is 0 Å².